The van der Waals surface area contributed by atoms with Crippen LogP contribution in [0.15, 0.2) is 64.0 Å². The molecule has 0 aliphatic rings. The number of nitrogens with zero attached hydrogens (tertiary/aromatic N) is 2. The summed E-state index contributed by atoms with van der Waals surface area (Å²) < 4.78 is 33.0. The lowest BCUT2D eigenvalue weighted by molar-refractivity contribution is 0.332. The van der Waals surface area contributed by atoms with Gasteiger partial charge in [0, 0.05) is 17.7 Å². The van der Waals surface area contributed by atoms with Gasteiger partial charge in [0.05, 0.1) is 17.1 Å². The molecule has 0 radical (unpaired) electrons. The lowest BCUT2D eigenvalue weighted by Crippen LogP contribution is -2.36. The zero-order valence-electron chi connectivity index (χ0n) is 16.0. The first-order chi connectivity index (χ1) is 12.8. The third-order valence-electron chi connectivity index (χ3n) is 4.45. The van der Waals surface area contributed by atoms with Crippen molar-refractivity contribution >= 4 is 10.0 Å². The zero-order chi connectivity index (χ0) is 19.6. The van der Waals surface area contributed by atoms with E-state index in [4.69, 9.17) is 4.52 Å². The zero-order valence-corrected chi connectivity index (χ0v) is 16.8. The third-order valence-corrected chi connectivity index (χ3v) is 6.49. The minimum absolute atomic E-state index is 0.156. The van der Waals surface area contributed by atoms with Crippen LogP contribution >= 0.6 is 0 Å². The molecule has 0 aliphatic carbocycles. The van der Waals surface area contributed by atoms with Crippen LogP contribution in [0.5, 0.6) is 0 Å². The molecule has 0 fully saturated rings. The standard InChI is InChI=1S/C21H24N2O3S/c1-15(2)23(27(24,25)19-8-6-5-7-9-19)14-18-13-21(26-22-18)20-11-10-16(3)12-17(20)4/h5-13,15H,14H2,1-4H3. The molecule has 1 aromatic heterocycles. The van der Waals surface area contributed by atoms with Crippen molar-refractivity contribution in [3.63, 3.8) is 0 Å². The van der Waals surface area contributed by atoms with Crippen LogP contribution in [0.1, 0.15) is 30.7 Å². The average molecular weight is 385 g/mol. The molecule has 0 atom stereocenters. The van der Waals surface area contributed by atoms with Crippen molar-refractivity contribution in [2.45, 2.75) is 45.2 Å². The molecule has 0 N–H and O–H groups in total. The van der Waals surface area contributed by atoms with Gasteiger partial charge in [-0.1, -0.05) is 47.1 Å². The molecule has 1 heterocycles. The number of sulfonamides is 1. The van der Waals surface area contributed by atoms with Crippen LogP contribution in [0.2, 0.25) is 0 Å². The van der Waals surface area contributed by atoms with Gasteiger partial charge in [0.15, 0.2) is 5.76 Å². The van der Waals surface area contributed by atoms with Gasteiger partial charge in [0.25, 0.3) is 0 Å². The monoisotopic (exact) mass is 384 g/mol. The molecule has 27 heavy (non-hydrogen) atoms. The van der Waals surface area contributed by atoms with E-state index < -0.39 is 10.0 Å². The Balaban J connectivity index is 1.90. The first kappa shape index (κ1) is 19.3. The summed E-state index contributed by atoms with van der Waals surface area (Å²) in [6.45, 7) is 7.92. The number of aryl methyl sites for hydroxylation is 2. The minimum Gasteiger partial charge on any atom is -0.356 e. The molecule has 6 heteroatoms. The van der Waals surface area contributed by atoms with E-state index in [0.717, 1.165) is 11.1 Å². The van der Waals surface area contributed by atoms with Crippen LogP contribution in [0.4, 0.5) is 0 Å². The molecule has 0 unspecified atom stereocenters. The van der Waals surface area contributed by atoms with Gasteiger partial charge in [-0.25, -0.2) is 8.42 Å². The summed E-state index contributed by atoms with van der Waals surface area (Å²) in [6.07, 6.45) is 0. The summed E-state index contributed by atoms with van der Waals surface area (Å²) in [6, 6.07) is 16.2. The van der Waals surface area contributed by atoms with Crippen molar-refractivity contribution in [3.8, 4) is 11.3 Å². The van der Waals surface area contributed by atoms with Crippen LogP contribution < -0.4 is 0 Å². The van der Waals surface area contributed by atoms with Crippen LogP contribution in [0.25, 0.3) is 11.3 Å². The Hall–Kier alpha value is -2.44. The van der Waals surface area contributed by atoms with E-state index in [1.54, 1.807) is 30.3 Å². The Morgan fingerprint density at radius 1 is 1.04 bits per heavy atom. The first-order valence-electron chi connectivity index (χ1n) is 8.89. The summed E-state index contributed by atoms with van der Waals surface area (Å²) in [4.78, 5) is 0.275. The van der Waals surface area contributed by atoms with E-state index in [0.29, 0.717) is 11.5 Å². The van der Waals surface area contributed by atoms with Crippen LogP contribution in [0.3, 0.4) is 0 Å². The summed E-state index contributed by atoms with van der Waals surface area (Å²) in [5.74, 6) is 0.642. The maximum atomic E-state index is 13.0. The highest BCUT2D eigenvalue weighted by Crippen LogP contribution is 2.27. The van der Waals surface area contributed by atoms with Crippen molar-refractivity contribution in [3.05, 3.63) is 71.4 Å². The largest absolute Gasteiger partial charge is 0.356 e. The number of rotatable bonds is 6. The Morgan fingerprint density at radius 2 is 1.74 bits per heavy atom. The van der Waals surface area contributed by atoms with E-state index in [1.807, 2.05) is 45.9 Å². The van der Waals surface area contributed by atoms with Gasteiger partial charge in [-0.3, -0.25) is 0 Å². The summed E-state index contributed by atoms with van der Waals surface area (Å²) >= 11 is 0. The molecule has 0 aliphatic heterocycles. The molecular formula is C21H24N2O3S. The Kier molecular flexibility index (Phi) is 5.48. The molecule has 3 aromatic rings. The van der Waals surface area contributed by atoms with Crippen LogP contribution in [0, 0.1) is 13.8 Å². The average Bonchev–Trinajstić information content (AvgIpc) is 3.08. The number of hydrogen-bond donors (Lipinski definition) is 0. The first-order valence-corrected chi connectivity index (χ1v) is 10.3. The third kappa shape index (κ3) is 4.12. The fourth-order valence-corrected chi connectivity index (χ4v) is 4.67. The number of aromatic nitrogens is 1. The van der Waals surface area contributed by atoms with Gasteiger partial charge in [0.2, 0.25) is 10.0 Å². The van der Waals surface area contributed by atoms with E-state index in [-0.39, 0.29) is 17.5 Å². The van der Waals surface area contributed by atoms with E-state index >= 15 is 0 Å². The van der Waals surface area contributed by atoms with Crippen molar-refractivity contribution in [2.24, 2.45) is 0 Å². The summed E-state index contributed by atoms with van der Waals surface area (Å²) in [5, 5.41) is 4.10. The molecule has 0 spiro atoms. The smallest absolute Gasteiger partial charge is 0.243 e. The van der Waals surface area contributed by atoms with Gasteiger partial charge < -0.3 is 4.52 Å². The van der Waals surface area contributed by atoms with E-state index in [9.17, 15) is 8.42 Å². The van der Waals surface area contributed by atoms with Gasteiger partial charge in [0.1, 0.15) is 0 Å². The van der Waals surface area contributed by atoms with E-state index in [2.05, 4.69) is 11.2 Å². The molecule has 2 aromatic carbocycles. The Morgan fingerprint density at radius 3 is 2.37 bits per heavy atom. The molecular weight excluding hydrogens is 360 g/mol. The molecule has 0 saturated heterocycles. The van der Waals surface area contributed by atoms with Gasteiger partial charge >= 0.3 is 0 Å². The maximum Gasteiger partial charge on any atom is 0.243 e. The Bertz CT molecular complexity index is 1020. The highest BCUT2D eigenvalue weighted by atomic mass is 32.2. The molecule has 3 rings (SSSR count). The van der Waals surface area contributed by atoms with E-state index in [1.165, 1.54) is 9.87 Å². The molecule has 0 saturated carbocycles. The molecule has 0 bridgehead atoms. The summed E-state index contributed by atoms with van der Waals surface area (Å²) in [5.41, 5.74) is 3.81. The summed E-state index contributed by atoms with van der Waals surface area (Å²) in [7, 11) is -3.62. The Labute approximate surface area is 160 Å². The lowest BCUT2D eigenvalue weighted by atomic mass is 10.0. The number of hydrogen-bond acceptors (Lipinski definition) is 4. The second-order valence-corrected chi connectivity index (χ2v) is 8.85. The predicted octanol–water partition coefficient (Wildman–Crippen LogP) is 4.56. The second-order valence-electron chi connectivity index (χ2n) is 6.96. The predicted molar refractivity (Wildman–Crippen MR) is 106 cm³/mol. The quantitative estimate of drug-likeness (QED) is 0.625. The van der Waals surface area contributed by atoms with Crippen molar-refractivity contribution < 1.29 is 12.9 Å². The lowest BCUT2D eigenvalue weighted by Gasteiger charge is -2.24. The van der Waals surface area contributed by atoms with Gasteiger partial charge in [-0.05, 0) is 45.4 Å². The van der Waals surface area contributed by atoms with Crippen molar-refractivity contribution in [1.82, 2.24) is 9.46 Å². The SMILES string of the molecule is Cc1ccc(-c2cc(CN(C(C)C)S(=O)(=O)c3ccccc3)no2)c(C)c1. The molecule has 142 valence electrons. The molecule has 5 nitrogen and oxygen atoms in total. The van der Waals surface area contributed by atoms with Crippen LogP contribution in [-0.4, -0.2) is 23.9 Å². The topological polar surface area (TPSA) is 63.4 Å². The van der Waals surface area contributed by atoms with Gasteiger partial charge in [-0.15, -0.1) is 0 Å². The number of benzene rings is 2. The maximum absolute atomic E-state index is 13.0. The van der Waals surface area contributed by atoms with Crippen molar-refractivity contribution in [2.75, 3.05) is 0 Å². The fourth-order valence-electron chi connectivity index (χ4n) is 3.04. The second kappa shape index (κ2) is 7.66. The minimum atomic E-state index is -3.62. The van der Waals surface area contributed by atoms with Crippen LogP contribution in [-0.2, 0) is 16.6 Å². The highest BCUT2D eigenvalue weighted by molar-refractivity contribution is 7.89. The van der Waals surface area contributed by atoms with Crippen molar-refractivity contribution in [1.29, 1.82) is 0 Å². The van der Waals surface area contributed by atoms with Gasteiger partial charge in [-0.2, -0.15) is 4.31 Å². The normalized spacial score (nSPS) is 12.1. The highest BCUT2D eigenvalue weighted by Gasteiger charge is 2.28. The molecule has 0 amide bonds. The fraction of sp³-hybridized carbons (Fsp3) is 0.286.